The first-order valence-corrected chi connectivity index (χ1v) is 7.90. The number of esters is 1. The van der Waals surface area contributed by atoms with Gasteiger partial charge in [0.1, 0.15) is 6.04 Å². The third kappa shape index (κ3) is 3.50. The van der Waals surface area contributed by atoms with E-state index in [1.165, 1.54) is 58.5 Å². The molecule has 0 bridgehead atoms. The molecular weight excluding hydrogens is 238 g/mol. The molecule has 0 aromatic carbocycles. The highest BCUT2D eigenvalue weighted by Gasteiger charge is 2.38. The van der Waals surface area contributed by atoms with Gasteiger partial charge >= 0.3 is 5.97 Å². The van der Waals surface area contributed by atoms with Gasteiger partial charge in [-0.05, 0) is 49.9 Å². The minimum atomic E-state index is -0.146. The molecule has 19 heavy (non-hydrogen) atoms. The van der Waals surface area contributed by atoms with Gasteiger partial charge in [-0.3, -0.25) is 4.79 Å². The van der Waals surface area contributed by atoms with Gasteiger partial charge in [-0.25, -0.2) is 0 Å². The second-order valence-corrected chi connectivity index (χ2v) is 6.89. The minimum absolute atomic E-state index is 0.115. The third-order valence-corrected chi connectivity index (χ3v) is 5.25. The number of carbonyl (C=O) groups excluding carboxylic acids is 1. The molecule has 2 saturated carbocycles. The lowest BCUT2D eigenvalue weighted by molar-refractivity contribution is -0.144. The Labute approximate surface area is 117 Å². The first kappa shape index (κ1) is 14.8. The zero-order valence-electron chi connectivity index (χ0n) is 12.7. The van der Waals surface area contributed by atoms with Crippen LogP contribution in [0.5, 0.6) is 0 Å². The molecule has 0 aromatic rings. The molecule has 1 atom stereocenters. The fourth-order valence-corrected chi connectivity index (χ4v) is 3.94. The van der Waals surface area contributed by atoms with Gasteiger partial charge in [0.15, 0.2) is 0 Å². The van der Waals surface area contributed by atoms with Gasteiger partial charge in [-0.2, -0.15) is 0 Å². The maximum absolute atomic E-state index is 11.8. The number of hydrogen-bond acceptors (Lipinski definition) is 3. The number of carbonyl (C=O) groups is 1. The Balaban J connectivity index is 1.85. The van der Waals surface area contributed by atoms with Crippen LogP contribution in [0.25, 0.3) is 0 Å². The van der Waals surface area contributed by atoms with E-state index >= 15 is 0 Å². The van der Waals surface area contributed by atoms with Gasteiger partial charge in [0.2, 0.25) is 0 Å². The van der Waals surface area contributed by atoms with Crippen molar-refractivity contribution in [2.45, 2.75) is 77.3 Å². The smallest absolute Gasteiger partial charge is 0.323 e. The maximum atomic E-state index is 11.8. The molecule has 0 aliphatic heterocycles. The van der Waals surface area contributed by atoms with Crippen LogP contribution < -0.4 is 5.32 Å². The molecule has 0 radical (unpaired) electrons. The molecular formula is C16H29NO2. The van der Waals surface area contributed by atoms with E-state index in [4.69, 9.17) is 4.74 Å². The molecule has 0 amide bonds. The van der Waals surface area contributed by atoms with Crippen LogP contribution in [0.2, 0.25) is 0 Å². The molecule has 1 N–H and O–H groups in total. The summed E-state index contributed by atoms with van der Waals surface area (Å²) in [7, 11) is 1.48. The molecule has 0 aromatic heterocycles. The van der Waals surface area contributed by atoms with Crippen LogP contribution in [0.3, 0.4) is 0 Å². The monoisotopic (exact) mass is 267 g/mol. The Kier molecular flexibility index (Phi) is 4.88. The normalized spacial score (nSPS) is 24.8. The van der Waals surface area contributed by atoms with Crippen LogP contribution in [0.4, 0.5) is 0 Å². The largest absolute Gasteiger partial charge is 0.468 e. The van der Waals surface area contributed by atoms with E-state index in [0.29, 0.717) is 11.5 Å². The molecule has 2 rings (SSSR count). The lowest BCUT2D eigenvalue weighted by Crippen LogP contribution is -2.49. The van der Waals surface area contributed by atoms with E-state index in [-0.39, 0.29) is 17.9 Å². The highest BCUT2D eigenvalue weighted by Crippen LogP contribution is 2.48. The summed E-state index contributed by atoms with van der Waals surface area (Å²) in [6, 6.07) is 0.352. The number of hydrogen-bond donors (Lipinski definition) is 1. The lowest BCUT2D eigenvalue weighted by atomic mass is 9.71. The summed E-state index contributed by atoms with van der Waals surface area (Å²) in [5.74, 6) is 0.172. The van der Waals surface area contributed by atoms with E-state index in [1.807, 2.05) is 0 Å². The van der Waals surface area contributed by atoms with E-state index in [2.05, 4.69) is 19.2 Å². The average Bonchev–Trinajstić information content (AvgIpc) is 2.85. The predicted molar refractivity (Wildman–Crippen MR) is 76.9 cm³/mol. The molecule has 3 nitrogen and oxygen atoms in total. The second kappa shape index (κ2) is 6.25. The SMILES string of the molecule is COC(=O)[C@@H](NC1CCC2(CCCC2)CC1)C(C)C. The van der Waals surface area contributed by atoms with Crippen LogP contribution in [0, 0.1) is 11.3 Å². The molecule has 3 heteroatoms. The number of ether oxygens (including phenoxy) is 1. The molecule has 0 saturated heterocycles. The Bertz CT molecular complexity index is 298. The van der Waals surface area contributed by atoms with Crippen molar-refractivity contribution >= 4 is 5.97 Å². The van der Waals surface area contributed by atoms with Crippen molar-refractivity contribution in [1.29, 1.82) is 0 Å². The quantitative estimate of drug-likeness (QED) is 0.794. The summed E-state index contributed by atoms with van der Waals surface area (Å²) >= 11 is 0. The summed E-state index contributed by atoms with van der Waals surface area (Å²) < 4.78 is 4.91. The Hall–Kier alpha value is -0.570. The zero-order valence-corrected chi connectivity index (χ0v) is 12.7. The van der Waals surface area contributed by atoms with Gasteiger partial charge in [-0.15, -0.1) is 0 Å². The lowest BCUT2D eigenvalue weighted by Gasteiger charge is -2.39. The van der Waals surface area contributed by atoms with Gasteiger partial charge in [0, 0.05) is 6.04 Å². The highest BCUT2D eigenvalue weighted by atomic mass is 16.5. The summed E-state index contributed by atoms with van der Waals surface area (Å²) in [6.45, 7) is 4.16. The van der Waals surface area contributed by atoms with Crippen LogP contribution in [0.15, 0.2) is 0 Å². The molecule has 110 valence electrons. The Morgan fingerprint density at radius 3 is 2.21 bits per heavy atom. The van der Waals surface area contributed by atoms with Crippen LogP contribution in [0.1, 0.15) is 65.2 Å². The van der Waals surface area contributed by atoms with Crippen molar-refractivity contribution in [2.75, 3.05) is 7.11 Å². The van der Waals surface area contributed by atoms with E-state index in [0.717, 1.165) is 0 Å². The topological polar surface area (TPSA) is 38.3 Å². The van der Waals surface area contributed by atoms with E-state index < -0.39 is 0 Å². The Morgan fingerprint density at radius 1 is 1.16 bits per heavy atom. The standard InChI is InChI=1S/C16H29NO2/c1-12(2)14(15(18)19-3)17-13-6-10-16(11-7-13)8-4-5-9-16/h12-14,17H,4-11H2,1-3H3/t14-/m0/s1. The predicted octanol–water partition coefficient (Wildman–Crippen LogP) is 3.28. The molecule has 2 fully saturated rings. The van der Waals surface area contributed by atoms with Crippen LogP contribution in [-0.4, -0.2) is 25.2 Å². The molecule has 1 spiro atoms. The molecule has 2 aliphatic rings. The summed E-state index contributed by atoms with van der Waals surface area (Å²) in [6.07, 6.45) is 10.9. The van der Waals surface area contributed by atoms with Crippen molar-refractivity contribution < 1.29 is 9.53 Å². The summed E-state index contributed by atoms with van der Waals surface area (Å²) in [4.78, 5) is 11.8. The first-order valence-electron chi connectivity index (χ1n) is 7.90. The van der Waals surface area contributed by atoms with Crippen LogP contribution in [-0.2, 0) is 9.53 Å². The summed E-state index contributed by atoms with van der Waals surface area (Å²) in [5.41, 5.74) is 0.663. The average molecular weight is 267 g/mol. The van der Waals surface area contributed by atoms with Crippen molar-refractivity contribution in [1.82, 2.24) is 5.32 Å². The number of nitrogens with one attached hydrogen (secondary N) is 1. The highest BCUT2D eigenvalue weighted by molar-refractivity contribution is 5.75. The van der Waals surface area contributed by atoms with Crippen molar-refractivity contribution in [3.8, 4) is 0 Å². The van der Waals surface area contributed by atoms with E-state index in [1.54, 1.807) is 0 Å². The maximum Gasteiger partial charge on any atom is 0.323 e. The van der Waals surface area contributed by atoms with Gasteiger partial charge in [-0.1, -0.05) is 26.7 Å². The van der Waals surface area contributed by atoms with Crippen LogP contribution >= 0.6 is 0 Å². The van der Waals surface area contributed by atoms with Crippen molar-refractivity contribution in [3.63, 3.8) is 0 Å². The first-order chi connectivity index (χ1) is 9.06. The fraction of sp³-hybridized carbons (Fsp3) is 0.938. The minimum Gasteiger partial charge on any atom is -0.468 e. The number of methoxy groups -OCH3 is 1. The van der Waals surface area contributed by atoms with Gasteiger partial charge < -0.3 is 10.1 Å². The van der Waals surface area contributed by atoms with Crippen molar-refractivity contribution in [3.05, 3.63) is 0 Å². The van der Waals surface area contributed by atoms with Crippen molar-refractivity contribution in [2.24, 2.45) is 11.3 Å². The summed E-state index contributed by atoms with van der Waals surface area (Å²) in [5, 5.41) is 3.54. The molecule has 2 aliphatic carbocycles. The zero-order chi connectivity index (χ0) is 13.9. The third-order valence-electron chi connectivity index (χ3n) is 5.25. The van der Waals surface area contributed by atoms with Gasteiger partial charge in [0.05, 0.1) is 7.11 Å². The number of rotatable bonds is 4. The molecule has 0 heterocycles. The Morgan fingerprint density at radius 2 is 1.74 bits per heavy atom. The molecule has 0 unspecified atom stereocenters. The fourth-order valence-electron chi connectivity index (χ4n) is 3.94. The van der Waals surface area contributed by atoms with Gasteiger partial charge in [0.25, 0.3) is 0 Å². The second-order valence-electron chi connectivity index (χ2n) is 6.89. The van der Waals surface area contributed by atoms with E-state index in [9.17, 15) is 4.79 Å².